The third-order valence-corrected chi connectivity index (χ3v) is 7.46. The molecule has 0 spiro atoms. The van der Waals surface area contributed by atoms with Gasteiger partial charge in [0.25, 0.3) is 0 Å². The van der Waals surface area contributed by atoms with Crippen molar-refractivity contribution in [2.45, 2.75) is 62.9 Å². The van der Waals surface area contributed by atoms with E-state index in [0.29, 0.717) is 6.04 Å². The van der Waals surface area contributed by atoms with E-state index < -0.39 is 10.0 Å². The van der Waals surface area contributed by atoms with Crippen LogP contribution in [0.2, 0.25) is 0 Å². The first-order valence-corrected chi connectivity index (χ1v) is 13.1. The molecule has 170 valence electrons. The number of nitrogens with two attached hydrogens (primary N) is 1. The Bertz CT molecular complexity index is 1130. The Kier molecular flexibility index (Phi) is 7.13. The smallest absolute Gasteiger partial charge is 0.238 e. The van der Waals surface area contributed by atoms with Crippen LogP contribution in [-0.4, -0.2) is 19.0 Å². The lowest BCUT2D eigenvalue weighted by Crippen LogP contribution is -2.29. The summed E-state index contributed by atoms with van der Waals surface area (Å²) < 4.78 is 25.3. The van der Waals surface area contributed by atoms with Crippen molar-refractivity contribution in [3.05, 3.63) is 72.4 Å². The van der Waals surface area contributed by atoms with Gasteiger partial charge in [0.05, 0.1) is 16.3 Å². The first-order valence-electron chi connectivity index (χ1n) is 11.5. The minimum Gasteiger partial charge on any atom is -0.316 e. The molecule has 0 unspecified atom stereocenters. The average Bonchev–Trinajstić information content (AvgIpc) is 3.28. The normalized spacial score (nSPS) is 16.2. The molecule has 0 amide bonds. The molecule has 1 fully saturated rings. The van der Waals surface area contributed by atoms with E-state index in [0.717, 1.165) is 29.4 Å². The molecule has 1 atom stereocenters. The lowest BCUT2D eigenvalue weighted by Gasteiger charge is -2.25. The van der Waals surface area contributed by atoms with E-state index in [2.05, 4.69) is 41.1 Å². The van der Waals surface area contributed by atoms with Crippen molar-refractivity contribution >= 4 is 10.0 Å². The predicted molar refractivity (Wildman–Crippen MR) is 130 cm³/mol. The third kappa shape index (κ3) is 5.49. The maximum absolute atomic E-state index is 11.6. The SMILES string of the molecule is C[C@@H](CC1CCCCC1)NCc1ccccc1-n1cccc1-c1ccc(S(N)(=O)=O)cc1. The number of aromatic nitrogens is 1. The van der Waals surface area contributed by atoms with Gasteiger partial charge in [0.2, 0.25) is 10.0 Å². The van der Waals surface area contributed by atoms with E-state index in [4.69, 9.17) is 5.14 Å². The Balaban J connectivity index is 1.51. The Morgan fingerprint density at radius 2 is 1.72 bits per heavy atom. The van der Waals surface area contributed by atoms with Crippen LogP contribution in [0.1, 0.15) is 51.0 Å². The fourth-order valence-corrected chi connectivity index (χ4v) is 5.34. The molecule has 1 aromatic heterocycles. The van der Waals surface area contributed by atoms with E-state index in [1.54, 1.807) is 24.3 Å². The van der Waals surface area contributed by atoms with Crippen molar-refractivity contribution in [2.24, 2.45) is 11.1 Å². The minimum atomic E-state index is -3.70. The predicted octanol–water partition coefficient (Wildman–Crippen LogP) is 5.24. The summed E-state index contributed by atoms with van der Waals surface area (Å²) in [6, 6.07) is 19.7. The number of hydrogen-bond acceptors (Lipinski definition) is 3. The summed E-state index contributed by atoms with van der Waals surface area (Å²) in [6.07, 6.45) is 10.2. The Hall–Kier alpha value is -2.41. The van der Waals surface area contributed by atoms with Gasteiger partial charge in [-0.1, -0.05) is 62.4 Å². The molecule has 0 bridgehead atoms. The van der Waals surface area contributed by atoms with Crippen LogP contribution in [0.25, 0.3) is 16.9 Å². The number of nitrogens with zero attached hydrogens (tertiary/aromatic N) is 1. The van der Waals surface area contributed by atoms with Crippen LogP contribution in [0.5, 0.6) is 0 Å². The quantitative estimate of drug-likeness (QED) is 0.492. The van der Waals surface area contributed by atoms with Crippen molar-refractivity contribution in [1.82, 2.24) is 9.88 Å². The van der Waals surface area contributed by atoms with E-state index in [-0.39, 0.29) is 4.90 Å². The van der Waals surface area contributed by atoms with Crippen molar-refractivity contribution in [3.63, 3.8) is 0 Å². The first kappa shape index (κ1) is 22.8. The molecule has 3 N–H and O–H groups in total. The summed E-state index contributed by atoms with van der Waals surface area (Å²) in [6.45, 7) is 3.11. The van der Waals surface area contributed by atoms with Gasteiger partial charge in [-0.3, -0.25) is 0 Å². The first-order chi connectivity index (χ1) is 15.4. The van der Waals surface area contributed by atoms with Gasteiger partial charge in [-0.15, -0.1) is 0 Å². The highest BCUT2D eigenvalue weighted by atomic mass is 32.2. The number of nitrogens with one attached hydrogen (secondary N) is 1. The van der Waals surface area contributed by atoms with E-state index in [9.17, 15) is 8.42 Å². The van der Waals surface area contributed by atoms with Gasteiger partial charge in [0.15, 0.2) is 0 Å². The van der Waals surface area contributed by atoms with Crippen LogP contribution in [0.15, 0.2) is 71.8 Å². The standard InChI is InChI=1S/C26H33N3O2S/c1-20(18-21-8-3-2-4-9-21)28-19-23-10-5-6-11-26(23)29-17-7-12-25(29)22-13-15-24(16-14-22)32(27,30)31/h5-7,10-17,20-21,28H,2-4,8-9,18-19H2,1H3,(H2,27,30,31)/t20-/m0/s1. The summed E-state index contributed by atoms with van der Waals surface area (Å²) in [5.41, 5.74) is 4.31. The van der Waals surface area contributed by atoms with Crippen molar-refractivity contribution in [3.8, 4) is 16.9 Å². The fraction of sp³-hybridized carbons (Fsp3) is 0.385. The van der Waals surface area contributed by atoms with Crippen LogP contribution in [0.3, 0.4) is 0 Å². The van der Waals surface area contributed by atoms with Crippen molar-refractivity contribution < 1.29 is 8.42 Å². The summed E-state index contributed by atoms with van der Waals surface area (Å²) in [5.74, 6) is 0.859. The van der Waals surface area contributed by atoms with Gasteiger partial charge in [0, 0.05) is 18.8 Å². The third-order valence-electron chi connectivity index (χ3n) is 6.53. The number of sulfonamides is 1. The zero-order valence-electron chi connectivity index (χ0n) is 18.7. The fourth-order valence-electron chi connectivity index (χ4n) is 4.83. The van der Waals surface area contributed by atoms with E-state index >= 15 is 0 Å². The summed E-state index contributed by atoms with van der Waals surface area (Å²) in [4.78, 5) is 0.121. The molecule has 1 saturated carbocycles. The van der Waals surface area contributed by atoms with E-state index in [1.165, 1.54) is 44.1 Å². The number of benzene rings is 2. The number of hydrogen-bond donors (Lipinski definition) is 2. The molecule has 2 aromatic carbocycles. The summed E-state index contributed by atoms with van der Waals surface area (Å²) >= 11 is 0. The molecule has 0 radical (unpaired) electrons. The molecule has 0 aliphatic heterocycles. The van der Waals surface area contributed by atoms with Gasteiger partial charge < -0.3 is 9.88 Å². The molecule has 1 heterocycles. The van der Waals surface area contributed by atoms with Gasteiger partial charge in [0.1, 0.15) is 0 Å². The molecular weight excluding hydrogens is 418 g/mol. The number of para-hydroxylation sites is 1. The molecule has 0 saturated heterocycles. The molecule has 5 nitrogen and oxygen atoms in total. The zero-order chi connectivity index (χ0) is 22.6. The average molecular weight is 452 g/mol. The molecule has 4 rings (SSSR count). The van der Waals surface area contributed by atoms with E-state index in [1.807, 2.05) is 18.3 Å². The second-order valence-electron chi connectivity index (χ2n) is 8.98. The molecular formula is C26H33N3O2S. The molecule has 3 aromatic rings. The van der Waals surface area contributed by atoms with Crippen molar-refractivity contribution in [1.29, 1.82) is 0 Å². The van der Waals surface area contributed by atoms with Crippen LogP contribution in [0.4, 0.5) is 0 Å². The lowest BCUT2D eigenvalue weighted by atomic mass is 9.85. The molecule has 1 aliphatic rings. The Labute approximate surface area is 191 Å². The summed E-state index contributed by atoms with van der Waals surface area (Å²) in [5, 5.41) is 8.98. The largest absolute Gasteiger partial charge is 0.316 e. The highest BCUT2D eigenvalue weighted by Gasteiger charge is 2.17. The van der Waals surface area contributed by atoms with Gasteiger partial charge in [-0.25, -0.2) is 13.6 Å². The second-order valence-corrected chi connectivity index (χ2v) is 10.5. The highest BCUT2D eigenvalue weighted by Crippen LogP contribution is 2.28. The van der Waals surface area contributed by atoms with Crippen LogP contribution in [0, 0.1) is 5.92 Å². The topological polar surface area (TPSA) is 77.1 Å². The second kappa shape index (κ2) is 10.0. The Morgan fingerprint density at radius 3 is 2.44 bits per heavy atom. The highest BCUT2D eigenvalue weighted by molar-refractivity contribution is 7.89. The molecule has 1 aliphatic carbocycles. The van der Waals surface area contributed by atoms with Gasteiger partial charge >= 0.3 is 0 Å². The van der Waals surface area contributed by atoms with Crippen molar-refractivity contribution in [2.75, 3.05) is 0 Å². The van der Waals surface area contributed by atoms with Crippen LogP contribution >= 0.6 is 0 Å². The van der Waals surface area contributed by atoms with Crippen LogP contribution in [-0.2, 0) is 16.6 Å². The maximum atomic E-state index is 11.6. The summed E-state index contributed by atoms with van der Waals surface area (Å²) in [7, 11) is -3.70. The lowest BCUT2D eigenvalue weighted by molar-refractivity contribution is 0.304. The molecule has 6 heteroatoms. The minimum absolute atomic E-state index is 0.121. The monoisotopic (exact) mass is 451 g/mol. The van der Waals surface area contributed by atoms with Gasteiger partial charge in [-0.05, 0) is 60.7 Å². The zero-order valence-corrected chi connectivity index (χ0v) is 19.5. The van der Waals surface area contributed by atoms with Gasteiger partial charge in [-0.2, -0.15) is 0 Å². The number of rotatable bonds is 8. The maximum Gasteiger partial charge on any atom is 0.238 e. The Morgan fingerprint density at radius 1 is 1.00 bits per heavy atom. The molecule has 32 heavy (non-hydrogen) atoms. The van der Waals surface area contributed by atoms with Crippen LogP contribution < -0.4 is 10.5 Å². The number of primary sulfonamides is 1.